The van der Waals surface area contributed by atoms with Gasteiger partial charge in [-0.05, 0) is 30.5 Å². The summed E-state index contributed by atoms with van der Waals surface area (Å²) in [5, 5.41) is 7.74. The van der Waals surface area contributed by atoms with Crippen LogP contribution in [0.1, 0.15) is 25.0 Å². The minimum absolute atomic E-state index is 0.157. The molecule has 0 bridgehead atoms. The van der Waals surface area contributed by atoms with Crippen LogP contribution in [0.2, 0.25) is 0 Å². The van der Waals surface area contributed by atoms with Crippen molar-refractivity contribution in [3.8, 4) is 0 Å². The van der Waals surface area contributed by atoms with Gasteiger partial charge in [0, 0.05) is 44.0 Å². The molecule has 1 saturated heterocycles. The van der Waals surface area contributed by atoms with Crippen LogP contribution < -0.4 is 10.6 Å². The second-order valence-corrected chi connectivity index (χ2v) is 6.12. The average molecular weight is 274 g/mol. The Bertz CT molecular complexity index is 473. The van der Waals surface area contributed by atoms with E-state index in [0.29, 0.717) is 5.92 Å². The van der Waals surface area contributed by atoms with Gasteiger partial charge in [-0.3, -0.25) is 10.3 Å². The first-order valence-corrected chi connectivity index (χ1v) is 7.39. The number of anilines is 1. The fourth-order valence-corrected chi connectivity index (χ4v) is 2.82. The molecule has 0 aliphatic carbocycles. The van der Waals surface area contributed by atoms with E-state index in [2.05, 4.69) is 36.6 Å². The van der Waals surface area contributed by atoms with Crippen LogP contribution in [0.25, 0.3) is 0 Å². The van der Waals surface area contributed by atoms with Crippen molar-refractivity contribution in [3.63, 3.8) is 0 Å². The number of amidine groups is 1. The van der Waals surface area contributed by atoms with Gasteiger partial charge < -0.3 is 10.6 Å². The predicted octanol–water partition coefficient (Wildman–Crippen LogP) is 2.06. The number of nitrogen functional groups attached to an aromatic ring is 1. The summed E-state index contributed by atoms with van der Waals surface area (Å²) in [7, 11) is 0. The van der Waals surface area contributed by atoms with Crippen LogP contribution in [0.5, 0.6) is 0 Å². The van der Waals surface area contributed by atoms with E-state index in [1.807, 2.05) is 12.1 Å². The summed E-state index contributed by atoms with van der Waals surface area (Å²) in [4.78, 5) is 4.88. The zero-order chi connectivity index (χ0) is 14.7. The third-order valence-corrected chi connectivity index (χ3v) is 3.78. The van der Waals surface area contributed by atoms with Crippen LogP contribution in [0.15, 0.2) is 18.2 Å². The van der Waals surface area contributed by atoms with Gasteiger partial charge in [0.15, 0.2) is 0 Å². The number of nitrogens with one attached hydrogen (secondary N) is 1. The molecule has 1 aromatic carbocycles. The molecule has 3 N–H and O–H groups in total. The van der Waals surface area contributed by atoms with Crippen molar-refractivity contribution < 1.29 is 0 Å². The highest BCUT2D eigenvalue weighted by molar-refractivity contribution is 6.00. The van der Waals surface area contributed by atoms with Crippen LogP contribution in [-0.2, 0) is 0 Å². The summed E-state index contributed by atoms with van der Waals surface area (Å²) in [5.41, 5.74) is 8.90. The van der Waals surface area contributed by atoms with E-state index in [-0.39, 0.29) is 5.84 Å². The number of benzene rings is 1. The van der Waals surface area contributed by atoms with Crippen molar-refractivity contribution in [3.05, 3.63) is 29.3 Å². The fraction of sp³-hybridized carbons (Fsp3) is 0.562. The number of hydrogen-bond donors (Lipinski definition) is 2. The lowest BCUT2D eigenvalue weighted by molar-refractivity contribution is 0.231. The first-order valence-electron chi connectivity index (χ1n) is 7.39. The molecule has 1 aliphatic heterocycles. The minimum Gasteiger partial charge on any atom is -0.384 e. The SMILES string of the molecule is Cc1ccc(C(=N)N)c(N2CCN(CC(C)C)CC2)c1. The van der Waals surface area contributed by atoms with E-state index >= 15 is 0 Å². The van der Waals surface area contributed by atoms with E-state index in [1.165, 1.54) is 12.1 Å². The van der Waals surface area contributed by atoms with Crippen LogP contribution >= 0.6 is 0 Å². The normalized spacial score (nSPS) is 16.7. The van der Waals surface area contributed by atoms with Gasteiger partial charge in [0.25, 0.3) is 0 Å². The van der Waals surface area contributed by atoms with Crippen LogP contribution in [0, 0.1) is 18.3 Å². The highest BCUT2D eigenvalue weighted by Gasteiger charge is 2.20. The molecule has 0 unspecified atom stereocenters. The van der Waals surface area contributed by atoms with Crippen molar-refractivity contribution >= 4 is 11.5 Å². The van der Waals surface area contributed by atoms with Crippen molar-refractivity contribution in [2.75, 3.05) is 37.6 Å². The number of hydrogen-bond acceptors (Lipinski definition) is 3. The van der Waals surface area contributed by atoms with E-state index in [9.17, 15) is 0 Å². The molecule has 0 aromatic heterocycles. The lowest BCUT2D eigenvalue weighted by atomic mass is 10.1. The molecular formula is C16H26N4. The average Bonchev–Trinajstić information content (AvgIpc) is 2.38. The fourth-order valence-electron chi connectivity index (χ4n) is 2.82. The number of piperazine rings is 1. The maximum atomic E-state index is 7.74. The molecular weight excluding hydrogens is 248 g/mol. The smallest absolute Gasteiger partial charge is 0.124 e. The van der Waals surface area contributed by atoms with Crippen LogP contribution in [-0.4, -0.2) is 43.5 Å². The molecule has 110 valence electrons. The molecule has 1 heterocycles. The van der Waals surface area contributed by atoms with Gasteiger partial charge >= 0.3 is 0 Å². The quantitative estimate of drug-likeness (QED) is 0.652. The Morgan fingerprint density at radius 1 is 1.25 bits per heavy atom. The van der Waals surface area contributed by atoms with Gasteiger partial charge in [0.2, 0.25) is 0 Å². The maximum absolute atomic E-state index is 7.74. The Hall–Kier alpha value is -1.55. The summed E-state index contributed by atoms with van der Waals surface area (Å²) in [6.45, 7) is 12.0. The zero-order valence-corrected chi connectivity index (χ0v) is 12.8. The Morgan fingerprint density at radius 2 is 1.90 bits per heavy atom. The third kappa shape index (κ3) is 3.51. The molecule has 1 aliphatic rings. The lowest BCUT2D eigenvalue weighted by Crippen LogP contribution is -2.47. The van der Waals surface area contributed by atoms with Gasteiger partial charge in [-0.15, -0.1) is 0 Å². The molecule has 0 saturated carbocycles. The third-order valence-electron chi connectivity index (χ3n) is 3.78. The minimum atomic E-state index is 0.157. The van der Waals surface area contributed by atoms with E-state index in [1.54, 1.807) is 0 Å². The first-order chi connectivity index (χ1) is 9.47. The molecule has 0 radical (unpaired) electrons. The van der Waals surface area contributed by atoms with Crippen molar-refractivity contribution in [1.29, 1.82) is 5.41 Å². The topological polar surface area (TPSA) is 56.4 Å². The summed E-state index contributed by atoms with van der Waals surface area (Å²) < 4.78 is 0. The second-order valence-electron chi connectivity index (χ2n) is 6.12. The summed E-state index contributed by atoms with van der Waals surface area (Å²) >= 11 is 0. The van der Waals surface area contributed by atoms with Gasteiger partial charge in [-0.1, -0.05) is 19.9 Å². The highest BCUT2D eigenvalue weighted by Crippen LogP contribution is 2.23. The van der Waals surface area contributed by atoms with Gasteiger partial charge in [0.1, 0.15) is 5.84 Å². The van der Waals surface area contributed by atoms with Crippen LogP contribution in [0.4, 0.5) is 5.69 Å². The lowest BCUT2D eigenvalue weighted by Gasteiger charge is -2.37. The Kier molecular flexibility index (Phi) is 4.65. The summed E-state index contributed by atoms with van der Waals surface area (Å²) in [5.74, 6) is 0.873. The van der Waals surface area contributed by atoms with Gasteiger partial charge in [0.05, 0.1) is 0 Å². The van der Waals surface area contributed by atoms with Gasteiger partial charge in [-0.25, -0.2) is 0 Å². The molecule has 4 heteroatoms. The number of rotatable bonds is 4. The van der Waals surface area contributed by atoms with Crippen molar-refractivity contribution in [2.45, 2.75) is 20.8 Å². The number of aryl methyl sites for hydroxylation is 1. The Labute approximate surface area is 122 Å². The first kappa shape index (κ1) is 14.9. The molecule has 0 atom stereocenters. The second kappa shape index (κ2) is 6.27. The van der Waals surface area contributed by atoms with Crippen LogP contribution in [0.3, 0.4) is 0 Å². The van der Waals surface area contributed by atoms with E-state index in [0.717, 1.165) is 37.4 Å². The molecule has 20 heavy (non-hydrogen) atoms. The van der Waals surface area contributed by atoms with E-state index < -0.39 is 0 Å². The number of nitrogens with zero attached hydrogens (tertiary/aromatic N) is 2. The van der Waals surface area contributed by atoms with E-state index in [4.69, 9.17) is 11.1 Å². The van der Waals surface area contributed by atoms with Crippen molar-refractivity contribution in [2.24, 2.45) is 11.7 Å². The predicted molar refractivity (Wildman–Crippen MR) is 85.7 cm³/mol. The van der Waals surface area contributed by atoms with Gasteiger partial charge in [-0.2, -0.15) is 0 Å². The summed E-state index contributed by atoms with van der Waals surface area (Å²) in [6.07, 6.45) is 0. The number of nitrogens with two attached hydrogens (primary N) is 1. The van der Waals surface area contributed by atoms with Crippen molar-refractivity contribution in [1.82, 2.24) is 4.90 Å². The molecule has 1 aromatic rings. The Morgan fingerprint density at radius 3 is 2.45 bits per heavy atom. The summed E-state index contributed by atoms with van der Waals surface area (Å²) in [6, 6.07) is 6.14. The molecule has 0 amide bonds. The molecule has 4 nitrogen and oxygen atoms in total. The standard InChI is InChI=1S/C16H26N4/c1-12(2)11-19-6-8-20(9-7-19)15-10-13(3)4-5-14(15)16(17)18/h4-5,10,12H,6-9,11H2,1-3H3,(H3,17,18). The molecule has 0 spiro atoms. The Balaban J connectivity index is 2.10. The zero-order valence-electron chi connectivity index (χ0n) is 12.8. The monoisotopic (exact) mass is 274 g/mol. The highest BCUT2D eigenvalue weighted by atomic mass is 15.3. The maximum Gasteiger partial charge on any atom is 0.124 e. The molecule has 1 fully saturated rings. The molecule has 2 rings (SSSR count). The largest absolute Gasteiger partial charge is 0.384 e.